The maximum Gasteiger partial charge on any atom is 0.412 e. The Morgan fingerprint density at radius 2 is 2.00 bits per heavy atom. The highest BCUT2D eigenvalue weighted by atomic mass is 35.5. The summed E-state index contributed by atoms with van der Waals surface area (Å²) in [5, 5.41) is 2.38. The fourth-order valence-corrected chi connectivity index (χ4v) is 1.46. The minimum Gasteiger partial charge on any atom is -0.444 e. The predicted octanol–water partition coefficient (Wildman–Crippen LogP) is 3.59. The molecular formula is C13H15ClFNO3. The van der Waals surface area contributed by atoms with E-state index in [0.29, 0.717) is 0 Å². The third-order valence-corrected chi connectivity index (χ3v) is 2.28. The molecule has 1 aromatic rings. The van der Waals surface area contributed by atoms with E-state index in [9.17, 15) is 14.0 Å². The van der Waals surface area contributed by atoms with Crippen molar-refractivity contribution in [1.82, 2.24) is 0 Å². The number of hydrogen-bond acceptors (Lipinski definition) is 3. The lowest BCUT2D eigenvalue weighted by molar-refractivity contribution is 0.0636. The Labute approximate surface area is 115 Å². The monoisotopic (exact) mass is 287 g/mol. The minimum atomic E-state index is -0.737. The summed E-state index contributed by atoms with van der Waals surface area (Å²) in [6.07, 6.45) is -0.691. The molecule has 0 atom stereocenters. The number of alkyl halides is 1. The maximum atomic E-state index is 13.6. The number of anilines is 1. The lowest BCUT2D eigenvalue weighted by atomic mass is 10.1. The number of nitrogens with one attached hydrogen (secondary N) is 1. The van der Waals surface area contributed by atoms with Gasteiger partial charge in [-0.15, -0.1) is 11.6 Å². The summed E-state index contributed by atoms with van der Waals surface area (Å²) in [6, 6.07) is 3.73. The number of halogens is 2. The van der Waals surface area contributed by atoms with Crippen LogP contribution in [0.4, 0.5) is 14.9 Å². The Morgan fingerprint density at radius 1 is 1.37 bits per heavy atom. The van der Waals surface area contributed by atoms with Crippen molar-refractivity contribution in [2.45, 2.75) is 26.4 Å². The van der Waals surface area contributed by atoms with E-state index in [0.717, 1.165) is 6.07 Å². The Bertz CT molecular complexity index is 497. The number of rotatable bonds is 3. The molecular weight excluding hydrogens is 273 g/mol. The molecule has 0 aliphatic heterocycles. The van der Waals surface area contributed by atoms with E-state index in [-0.39, 0.29) is 17.1 Å². The summed E-state index contributed by atoms with van der Waals surface area (Å²) >= 11 is 5.35. The van der Waals surface area contributed by atoms with Gasteiger partial charge in [0, 0.05) is 5.69 Å². The third kappa shape index (κ3) is 4.87. The van der Waals surface area contributed by atoms with Crippen LogP contribution in [0.3, 0.4) is 0 Å². The molecule has 4 nitrogen and oxygen atoms in total. The van der Waals surface area contributed by atoms with Crippen molar-refractivity contribution in [2.75, 3.05) is 11.2 Å². The fraction of sp³-hybridized carbons (Fsp3) is 0.385. The normalized spacial score (nSPS) is 11.0. The second-order valence-electron chi connectivity index (χ2n) is 4.88. The predicted molar refractivity (Wildman–Crippen MR) is 71.3 cm³/mol. The molecule has 0 unspecified atom stereocenters. The summed E-state index contributed by atoms with van der Waals surface area (Å²) in [4.78, 5) is 22.7. The molecule has 0 fully saturated rings. The Hall–Kier alpha value is -1.62. The van der Waals surface area contributed by atoms with Crippen LogP contribution in [0.25, 0.3) is 0 Å². The van der Waals surface area contributed by atoms with Crippen LogP contribution >= 0.6 is 11.6 Å². The molecule has 1 rings (SSSR count). The average molecular weight is 288 g/mol. The van der Waals surface area contributed by atoms with Gasteiger partial charge in [0.25, 0.3) is 0 Å². The third-order valence-electron chi connectivity index (χ3n) is 2.04. The number of Topliss-reactive ketones (excluding diaryl/α,β-unsaturated/α-hetero) is 1. The standard InChI is InChI=1S/C13H15ClFNO3/c1-13(2,3)19-12(18)16-8-4-5-9(10(15)6-8)11(17)7-14/h4-6H,7H2,1-3H3,(H,16,18). The number of hydrogen-bond donors (Lipinski definition) is 1. The summed E-state index contributed by atoms with van der Waals surface area (Å²) in [7, 11) is 0. The van der Waals surface area contributed by atoms with Crippen molar-refractivity contribution < 1.29 is 18.7 Å². The van der Waals surface area contributed by atoms with Crippen molar-refractivity contribution in [1.29, 1.82) is 0 Å². The molecule has 0 saturated heterocycles. The molecule has 0 saturated carbocycles. The van der Waals surface area contributed by atoms with Crippen molar-refractivity contribution in [3.63, 3.8) is 0 Å². The van der Waals surface area contributed by atoms with Gasteiger partial charge >= 0.3 is 6.09 Å². The van der Waals surface area contributed by atoms with Gasteiger partial charge in [-0.3, -0.25) is 10.1 Å². The number of carbonyl (C=O) groups is 2. The molecule has 0 bridgehead atoms. The van der Waals surface area contributed by atoms with Gasteiger partial charge in [0.05, 0.1) is 11.4 Å². The maximum absolute atomic E-state index is 13.6. The zero-order chi connectivity index (χ0) is 14.6. The van der Waals surface area contributed by atoms with E-state index >= 15 is 0 Å². The van der Waals surface area contributed by atoms with Crippen molar-refractivity contribution in [3.8, 4) is 0 Å². The average Bonchev–Trinajstić information content (AvgIpc) is 2.25. The van der Waals surface area contributed by atoms with Crippen LogP contribution in [0, 0.1) is 5.82 Å². The van der Waals surface area contributed by atoms with E-state index in [1.165, 1.54) is 12.1 Å². The number of benzene rings is 1. The Morgan fingerprint density at radius 3 is 2.47 bits per heavy atom. The summed E-state index contributed by atoms with van der Waals surface area (Å²) in [5.74, 6) is -1.54. The van der Waals surface area contributed by atoms with Crippen molar-refractivity contribution in [3.05, 3.63) is 29.6 Å². The van der Waals surface area contributed by atoms with E-state index in [1.807, 2.05) is 0 Å². The molecule has 6 heteroatoms. The smallest absolute Gasteiger partial charge is 0.412 e. The number of amides is 1. The summed E-state index contributed by atoms with van der Waals surface area (Å²) in [6.45, 7) is 5.15. The Balaban J connectivity index is 2.79. The zero-order valence-electron chi connectivity index (χ0n) is 10.9. The van der Waals surface area contributed by atoms with Crippen LogP contribution in [0.1, 0.15) is 31.1 Å². The second kappa shape index (κ2) is 6.02. The molecule has 0 aromatic heterocycles. The molecule has 104 valence electrons. The molecule has 0 heterocycles. The first-order valence-corrected chi connectivity index (χ1v) is 6.15. The first-order valence-electron chi connectivity index (χ1n) is 5.61. The largest absolute Gasteiger partial charge is 0.444 e. The van der Waals surface area contributed by atoms with Gasteiger partial charge in [0.2, 0.25) is 0 Å². The molecule has 0 aliphatic rings. The zero-order valence-corrected chi connectivity index (χ0v) is 11.7. The second-order valence-corrected chi connectivity index (χ2v) is 5.15. The topological polar surface area (TPSA) is 55.4 Å². The van der Waals surface area contributed by atoms with E-state index < -0.39 is 23.3 Å². The quantitative estimate of drug-likeness (QED) is 0.683. The van der Waals surface area contributed by atoms with Gasteiger partial charge < -0.3 is 4.74 Å². The number of ether oxygens (including phenoxy) is 1. The first-order chi connectivity index (χ1) is 8.73. The van der Waals surface area contributed by atoms with Crippen LogP contribution in [-0.4, -0.2) is 23.4 Å². The number of carbonyl (C=O) groups excluding carboxylic acids is 2. The van der Waals surface area contributed by atoms with E-state index in [2.05, 4.69) is 5.32 Å². The van der Waals surface area contributed by atoms with Gasteiger partial charge in [-0.2, -0.15) is 0 Å². The highest BCUT2D eigenvalue weighted by Gasteiger charge is 2.17. The lowest BCUT2D eigenvalue weighted by Gasteiger charge is -2.19. The lowest BCUT2D eigenvalue weighted by Crippen LogP contribution is -2.27. The van der Waals surface area contributed by atoms with Crippen molar-refractivity contribution >= 4 is 29.2 Å². The van der Waals surface area contributed by atoms with Gasteiger partial charge in [-0.25, -0.2) is 9.18 Å². The van der Waals surface area contributed by atoms with Crippen molar-refractivity contribution in [2.24, 2.45) is 0 Å². The Kier molecular flexibility index (Phi) is 4.89. The molecule has 0 radical (unpaired) electrons. The van der Waals surface area contributed by atoms with Gasteiger partial charge in [-0.05, 0) is 39.0 Å². The van der Waals surface area contributed by atoms with E-state index in [1.54, 1.807) is 20.8 Å². The molecule has 0 spiro atoms. The summed E-state index contributed by atoms with van der Waals surface area (Å²) < 4.78 is 18.6. The first kappa shape index (κ1) is 15.4. The van der Waals surface area contributed by atoms with E-state index in [4.69, 9.17) is 16.3 Å². The van der Waals surface area contributed by atoms with Crippen LogP contribution in [0.5, 0.6) is 0 Å². The van der Waals surface area contributed by atoms with Crippen LogP contribution in [-0.2, 0) is 4.74 Å². The number of ketones is 1. The van der Waals surface area contributed by atoms with Gasteiger partial charge in [0.15, 0.2) is 5.78 Å². The molecule has 1 N–H and O–H groups in total. The summed E-state index contributed by atoms with van der Waals surface area (Å²) in [5.41, 5.74) is -0.542. The molecule has 1 aromatic carbocycles. The van der Waals surface area contributed by atoms with Gasteiger partial charge in [0.1, 0.15) is 11.4 Å². The highest BCUT2D eigenvalue weighted by molar-refractivity contribution is 6.30. The fourth-order valence-electron chi connectivity index (χ4n) is 1.31. The molecule has 1 amide bonds. The molecule has 0 aliphatic carbocycles. The minimum absolute atomic E-state index is 0.107. The SMILES string of the molecule is CC(C)(C)OC(=O)Nc1ccc(C(=O)CCl)c(F)c1. The van der Waals surface area contributed by atoms with Crippen LogP contribution in [0.15, 0.2) is 18.2 Å². The van der Waals surface area contributed by atoms with Crippen LogP contribution in [0.2, 0.25) is 0 Å². The highest BCUT2D eigenvalue weighted by Crippen LogP contribution is 2.17. The van der Waals surface area contributed by atoms with Gasteiger partial charge in [-0.1, -0.05) is 0 Å². The molecule has 19 heavy (non-hydrogen) atoms. The van der Waals surface area contributed by atoms with Crippen LogP contribution < -0.4 is 5.32 Å².